The molecule has 150 valence electrons. The molecule has 0 saturated heterocycles. The molecular weight excluding hydrogens is 427 g/mol. The van der Waals surface area contributed by atoms with E-state index in [9.17, 15) is 9.18 Å². The van der Waals surface area contributed by atoms with Gasteiger partial charge in [0.2, 0.25) is 11.8 Å². The molecule has 2 aromatic rings. The lowest BCUT2D eigenvalue weighted by atomic mass is 10.1. The number of carbonyl (C=O) groups is 1. The second kappa shape index (κ2) is 9.91. The van der Waals surface area contributed by atoms with E-state index in [4.69, 9.17) is 4.52 Å². The third kappa shape index (κ3) is 6.22. The van der Waals surface area contributed by atoms with Crippen LogP contribution in [-0.2, 0) is 11.2 Å². The molecule has 1 aliphatic carbocycles. The summed E-state index contributed by atoms with van der Waals surface area (Å²) in [6, 6.07) is 3.59. The number of unbranched alkanes of at least 4 members (excludes halogenated alkanes) is 2. The molecule has 0 atom stereocenters. The predicted octanol–water partition coefficient (Wildman–Crippen LogP) is 5.11. The quantitative estimate of drug-likeness (QED) is 0.444. The first-order valence-electron chi connectivity index (χ1n) is 9.60. The fourth-order valence-electron chi connectivity index (χ4n) is 2.89. The SMILES string of the molecule is C=C(F)CCC(=O)N(CCCCCc1nc(C2CC2)no1)c1cc(Br)ccn1. The second-order valence-electron chi connectivity index (χ2n) is 7.03. The summed E-state index contributed by atoms with van der Waals surface area (Å²) < 4.78 is 19.1. The number of hydrogen-bond acceptors (Lipinski definition) is 5. The molecule has 1 fully saturated rings. The van der Waals surface area contributed by atoms with Crippen molar-refractivity contribution in [3.63, 3.8) is 0 Å². The Hall–Kier alpha value is -2.09. The molecule has 1 amide bonds. The van der Waals surface area contributed by atoms with Crippen LogP contribution in [0.15, 0.2) is 39.7 Å². The van der Waals surface area contributed by atoms with Gasteiger partial charge in [0.15, 0.2) is 5.82 Å². The van der Waals surface area contributed by atoms with E-state index in [2.05, 4.69) is 37.6 Å². The molecule has 6 nitrogen and oxygen atoms in total. The van der Waals surface area contributed by atoms with Crippen LogP contribution in [0, 0.1) is 0 Å². The maximum Gasteiger partial charge on any atom is 0.228 e. The van der Waals surface area contributed by atoms with Crippen LogP contribution in [-0.4, -0.2) is 27.6 Å². The molecule has 2 heterocycles. The summed E-state index contributed by atoms with van der Waals surface area (Å²) in [4.78, 5) is 22.9. The van der Waals surface area contributed by atoms with E-state index in [0.29, 0.717) is 24.2 Å². The first-order valence-corrected chi connectivity index (χ1v) is 10.4. The standard InChI is InChI=1S/C20H24BrFN4O2/c1-14(22)6-9-19(27)26(17-13-16(21)10-11-23-17)12-4-2-3-5-18-24-20(25-28-18)15-7-8-15/h10-11,13,15H,1-9,12H2. The van der Waals surface area contributed by atoms with Gasteiger partial charge in [-0.15, -0.1) is 0 Å². The first kappa shape index (κ1) is 20.6. The van der Waals surface area contributed by atoms with E-state index >= 15 is 0 Å². The largest absolute Gasteiger partial charge is 0.339 e. The monoisotopic (exact) mass is 450 g/mol. The highest BCUT2D eigenvalue weighted by Crippen LogP contribution is 2.38. The van der Waals surface area contributed by atoms with Gasteiger partial charge in [-0.1, -0.05) is 34.1 Å². The topological polar surface area (TPSA) is 72.1 Å². The molecule has 1 saturated carbocycles. The molecule has 28 heavy (non-hydrogen) atoms. The van der Waals surface area contributed by atoms with Gasteiger partial charge >= 0.3 is 0 Å². The van der Waals surface area contributed by atoms with Gasteiger partial charge in [-0.25, -0.2) is 9.37 Å². The normalized spacial score (nSPS) is 13.5. The molecule has 0 bridgehead atoms. The zero-order valence-electron chi connectivity index (χ0n) is 15.7. The molecule has 0 radical (unpaired) electrons. The number of halogens is 2. The number of anilines is 1. The fourth-order valence-corrected chi connectivity index (χ4v) is 3.21. The van der Waals surface area contributed by atoms with E-state index in [0.717, 1.165) is 48.8 Å². The molecule has 0 aliphatic heterocycles. The van der Waals surface area contributed by atoms with E-state index in [1.165, 1.54) is 0 Å². The third-order valence-electron chi connectivity index (χ3n) is 4.59. The summed E-state index contributed by atoms with van der Waals surface area (Å²) in [5.74, 6) is 1.94. The minimum atomic E-state index is -0.486. The Bertz CT molecular complexity index is 822. The van der Waals surface area contributed by atoms with Crippen LogP contribution in [0.4, 0.5) is 10.2 Å². The van der Waals surface area contributed by atoms with Gasteiger partial charge in [0.1, 0.15) is 5.82 Å². The van der Waals surface area contributed by atoms with Crippen LogP contribution in [0.3, 0.4) is 0 Å². The summed E-state index contributed by atoms with van der Waals surface area (Å²) in [6.45, 7) is 3.75. The first-order chi connectivity index (χ1) is 13.5. The van der Waals surface area contributed by atoms with Crippen LogP contribution < -0.4 is 4.90 Å². The van der Waals surface area contributed by atoms with Crippen molar-refractivity contribution >= 4 is 27.7 Å². The minimum absolute atomic E-state index is 0.0316. The molecule has 3 rings (SSSR count). The second-order valence-corrected chi connectivity index (χ2v) is 7.94. The Labute approximate surface area is 172 Å². The van der Waals surface area contributed by atoms with Crippen LogP contribution >= 0.6 is 15.9 Å². The van der Waals surface area contributed by atoms with Gasteiger partial charge in [-0.2, -0.15) is 4.98 Å². The highest BCUT2D eigenvalue weighted by molar-refractivity contribution is 9.10. The molecule has 1 aliphatic rings. The van der Waals surface area contributed by atoms with Crippen LogP contribution in [0.2, 0.25) is 0 Å². The minimum Gasteiger partial charge on any atom is -0.339 e. The van der Waals surface area contributed by atoms with Gasteiger partial charge in [-0.3, -0.25) is 9.69 Å². The zero-order chi connectivity index (χ0) is 19.9. The average molecular weight is 451 g/mol. The fraction of sp³-hybridized carbons (Fsp3) is 0.500. The molecule has 2 aromatic heterocycles. The lowest BCUT2D eigenvalue weighted by Gasteiger charge is -2.22. The highest BCUT2D eigenvalue weighted by atomic mass is 79.9. The lowest BCUT2D eigenvalue weighted by molar-refractivity contribution is -0.118. The number of nitrogens with zero attached hydrogens (tertiary/aromatic N) is 4. The summed E-state index contributed by atoms with van der Waals surface area (Å²) in [5.41, 5.74) is 0. The van der Waals surface area contributed by atoms with Crippen molar-refractivity contribution < 1.29 is 13.7 Å². The number of amides is 1. The Morgan fingerprint density at radius 3 is 2.86 bits per heavy atom. The Kier molecular flexibility index (Phi) is 7.30. The number of aromatic nitrogens is 3. The molecule has 0 spiro atoms. The van der Waals surface area contributed by atoms with Gasteiger partial charge < -0.3 is 4.52 Å². The Morgan fingerprint density at radius 2 is 2.14 bits per heavy atom. The smallest absolute Gasteiger partial charge is 0.228 e. The Balaban J connectivity index is 1.48. The van der Waals surface area contributed by atoms with E-state index in [1.807, 2.05) is 0 Å². The van der Waals surface area contributed by atoms with Crippen LogP contribution in [0.25, 0.3) is 0 Å². The molecule has 8 heteroatoms. The van der Waals surface area contributed by atoms with Crippen LogP contribution in [0.5, 0.6) is 0 Å². The highest BCUT2D eigenvalue weighted by Gasteiger charge is 2.28. The van der Waals surface area contributed by atoms with Gasteiger partial charge in [0.25, 0.3) is 0 Å². The summed E-state index contributed by atoms with van der Waals surface area (Å²) in [5, 5.41) is 4.02. The van der Waals surface area contributed by atoms with E-state index < -0.39 is 5.83 Å². The lowest BCUT2D eigenvalue weighted by Crippen LogP contribution is -2.32. The van der Waals surface area contributed by atoms with Gasteiger partial charge in [0, 0.05) is 42.4 Å². The zero-order valence-corrected chi connectivity index (χ0v) is 17.3. The van der Waals surface area contributed by atoms with E-state index in [-0.39, 0.29) is 18.7 Å². The van der Waals surface area contributed by atoms with Crippen molar-refractivity contribution in [3.05, 3.63) is 46.9 Å². The number of carbonyl (C=O) groups excluding carboxylic acids is 1. The van der Waals surface area contributed by atoms with Crippen molar-refractivity contribution in [2.45, 2.75) is 57.3 Å². The molecular formula is C20H24BrFN4O2. The van der Waals surface area contributed by atoms with Crippen molar-refractivity contribution in [2.75, 3.05) is 11.4 Å². The maximum absolute atomic E-state index is 13.0. The van der Waals surface area contributed by atoms with Crippen molar-refractivity contribution in [1.29, 1.82) is 0 Å². The number of allylic oxidation sites excluding steroid dienone is 1. The summed E-state index contributed by atoms with van der Waals surface area (Å²) in [6.07, 6.45) is 7.42. The van der Waals surface area contributed by atoms with Gasteiger partial charge in [0.05, 0.1) is 5.83 Å². The number of pyridine rings is 1. The number of aryl methyl sites for hydroxylation is 1. The van der Waals surface area contributed by atoms with Gasteiger partial charge in [-0.05, 0) is 37.8 Å². The van der Waals surface area contributed by atoms with Crippen molar-refractivity contribution in [3.8, 4) is 0 Å². The molecule has 0 unspecified atom stereocenters. The third-order valence-corrected chi connectivity index (χ3v) is 5.09. The van der Waals surface area contributed by atoms with Crippen molar-refractivity contribution in [2.24, 2.45) is 0 Å². The summed E-state index contributed by atoms with van der Waals surface area (Å²) in [7, 11) is 0. The maximum atomic E-state index is 13.0. The Morgan fingerprint density at radius 1 is 1.32 bits per heavy atom. The number of rotatable bonds is 11. The molecule has 0 aromatic carbocycles. The van der Waals surface area contributed by atoms with Crippen LogP contribution in [0.1, 0.15) is 62.6 Å². The predicted molar refractivity (Wildman–Crippen MR) is 108 cm³/mol. The summed E-state index contributed by atoms with van der Waals surface area (Å²) >= 11 is 3.40. The molecule has 0 N–H and O–H groups in total. The average Bonchev–Trinajstić information content (AvgIpc) is 3.41. The van der Waals surface area contributed by atoms with Crippen molar-refractivity contribution in [1.82, 2.24) is 15.1 Å². The van der Waals surface area contributed by atoms with E-state index in [1.54, 1.807) is 23.2 Å². The number of hydrogen-bond donors (Lipinski definition) is 0.